The van der Waals surface area contributed by atoms with Crippen LogP contribution in [-0.4, -0.2) is 28.8 Å². The molecule has 0 unspecified atom stereocenters. The Hall–Kier alpha value is 0.137. The van der Waals surface area contributed by atoms with Crippen LogP contribution in [-0.2, 0) is 4.43 Å². The van der Waals surface area contributed by atoms with Gasteiger partial charge in [-0.05, 0) is 13.8 Å². The fraction of sp³-hybridized carbons (Fsp3) is 1.00. The number of hydrogen-bond donors (Lipinski definition) is 1. The van der Waals surface area contributed by atoms with Crippen molar-refractivity contribution in [2.24, 2.45) is 0 Å². The summed E-state index contributed by atoms with van der Waals surface area (Å²) in [6.45, 7) is 4.80. The van der Waals surface area contributed by atoms with Gasteiger partial charge in [-0.25, -0.2) is 0 Å². The Labute approximate surface area is 48.0 Å². The number of hydrogen-bond acceptors (Lipinski definition) is 2. The molecule has 2 nitrogen and oxygen atoms in total. The Morgan fingerprint density at radius 3 is 1.71 bits per heavy atom. The molecule has 0 aliphatic heterocycles. The molecule has 0 aromatic heterocycles. The fourth-order valence-corrected chi connectivity index (χ4v) is 0. The smallest absolute Gasteiger partial charge is 0.145 e. The van der Waals surface area contributed by atoms with Crippen molar-refractivity contribution in [2.45, 2.75) is 13.8 Å². The average molecular weight is 122 g/mol. The molecule has 1 N–H and O–H groups in total. The minimum atomic E-state index is 0.250. The van der Waals surface area contributed by atoms with E-state index in [2.05, 4.69) is 4.43 Å². The van der Waals surface area contributed by atoms with Gasteiger partial charge >= 0.3 is 0 Å². The highest BCUT2D eigenvalue weighted by molar-refractivity contribution is 5.97. The molecule has 0 fully saturated rings. The lowest BCUT2D eigenvalue weighted by Crippen LogP contribution is -1.76. The van der Waals surface area contributed by atoms with Gasteiger partial charge in [-0.1, -0.05) is 0 Å². The van der Waals surface area contributed by atoms with E-state index in [-0.39, 0.29) is 6.61 Å². The van der Waals surface area contributed by atoms with E-state index in [1.165, 1.54) is 0 Å². The molecule has 0 radical (unpaired) electrons. The van der Waals surface area contributed by atoms with Crippen LogP contribution >= 0.6 is 0 Å². The van der Waals surface area contributed by atoms with Gasteiger partial charge in [0.1, 0.15) is 10.5 Å². The van der Waals surface area contributed by atoms with E-state index in [0.717, 1.165) is 17.1 Å². The lowest BCUT2D eigenvalue weighted by Gasteiger charge is -1.77. The highest BCUT2D eigenvalue weighted by Crippen LogP contribution is 1.50. The lowest BCUT2D eigenvalue weighted by atomic mass is 10.9. The van der Waals surface area contributed by atoms with E-state index in [1.807, 2.05) is 6.92 Å². The first kappa shape index (κ1) is 10.2. The first-order valence-electron chi connectivity index (χ1n) is 2.43. The summed E-state index contributed by atoms with van der Waals surface area (Å²) in [5, 5.41) is 7.57. The van der Waals surface area contributed by atoms with E-state index < -0.39 is 0 Å². The topological polar surface area (TPSA) is 29.5 Å². The third kappa shape index (κ3) is 81.3. The van der Waals surface area contributed by atoms with Crippen LogP contribution in [0.25, 0.3) is 0 Å². The Kier molecular flexibility index (Phi) is 23.9. The van der Waals surface area contributed by atoms with Crippen LogP contribution in [0, 0.1) is 0 Å². The number of aliphatic hydroxyl groups excluding tert-OH is 1. The standard InChI is InChI=1S/C2H8OSi.C2H6O/c1-2-3-4;1-2-3/h2H2,1,4H3;3H,2H2,1H3. The molecule has 0 aromatic rings. The van der Waals surface area contributed by atoms with Gasteiger partial charge in [0, 0.05) is 13.2 Å². The first-order chi connectivity index (χ1) is 3.33. The van der Waals surface area contributed by atoms with E-state index in [4.69, 9.17) is 5.11 Å². The molecule has 0 amide bonds. The summed E-state index contributed by atoms with van der Waals surface area (Å²) in [4.78, 5) is 0. The second kappa shape index (κ2) is 16.5. The molecular weight excluding hydrogens is 108 g/mol. The van der Waals surface area contributed by atoms with Crippen molar-refractivity contribution in [1.29, 1.82) is 0 Å². The van der Waals surface area contributed by atoms with E-state index in [1.54, 1.807) is 6.92 Å². The van der Waals surface area contributed by atoms with Gasteiger partial charge in [-0.2, -0.15) is 0 Å². The minimum Gasteiger partial charge on any atom is -0.428 e. The van der Waals surface area contributed by atoms with E-state index in [0.29, 0.717) is 0 Å². The highest BCUT2D eigenvalue weighted by atomic mass is 28.2. The summed E-state index contributed by atoms with van der Waals surface area (Å²) in [6, 6.07) is 0. The van der Waals surface area contributed by atoms with Crippen molar-refractivity contribution < 1.29 is 9.53 Å². The third-order valence-electron chi connectivity index (χ3n) is 0.289. The molecule has 0 heterocycles. The van der Waals surface area contributed by atoms with Crippen LogP contribution in [0.3, 0.4) is 0 Å². The number of aliphatic hydroxyl groups is 1. The van der Waals surface area contributed by atoms with Gasteiger partial charge in [0.25, 0.3) is 0 Å². The van der Waals surface area contributed by atoms with Gasteiger partial charge in [0.05, 0.1) is 0 Å². The maximum Gasteiger partial charge on any atom is 0.145 e. The van der Waals surface area contributed by atoms with Gasteiger partial charge in [0.2, 0.25) is 0 Å². The quantitative estimate of drug-likeness (QED) is 0.466. The molecule has 0 saturated carbocycles. The van der Waals surface area contributed by atoms with Crippen LogP contribution in [0.15, 0.2) is 0 Å². The minimum absolute atomic E-state index is 0.250. The van der Waals surface area contributed by atoms with Gasteiger partial charge in [-0.3, -0.25) is 0 Å². The van der Waals surface area contributed by atoms with Crippen molar-refractivity contribution in [2.75, 3.05) is 13.2 Å². The summed E-state index contributed by atoms with van der Waals surface area (Å²) in [6.07, 6.45) is 0. The predicted octanol–water partition coefficient (Wildman–Crippen LogP) is -0.698. The van der Waals surface area contributed by atoms with Gasteiger partial charge in [-0.15, -0.1) is 0 Å². The normalized spacial score (nSPS) is 7.29. The molecule has 0 saturated heterocycles. The molecule has 0 aromatic carbocycles. The molecule has 46 valence electrons. The first-order valence-corrected chi connectivity index (χ1v) is 3.24. The van der Waals surface area contributed by atoms with Crippen LogP contribution in [0.5, 0.6) is 0 Å². The molecule has 0 aliphatic carbocycles. The average Bonchev–Trinajstić information content (AvgIpc) is 1.69. The van der Waals surface area contributed by atoms with Crippen molar-refractivity contribution in [1.82, 2.24) is 0 Å². The van der Waals surface area contributed by atoms with Crippen molar-refractivity contribution in [3.8, 4) is 0 Å². The number of rotatable bonds is 1. The van der Waals surface area contributed by atoms with Crippen molar-refractivity contribution in [3.63, 3.8) is 0 Å². The maximum absolute atomic E-state index is 7.57. The van der Waals surface area contributed by atoms with Crippen LogP contribution in [0.4, 0.5) is 0 Å². The molecule has 3 heteroatoms. The molecule has 0 atom stereocenters. The largest absolute Gasteiger partial charge is 0.428 e. The van der Waals surface area contributed by atoms with Crippen LogP contribution < -0.4 is 0 Å². The highest BCUT2D eigenvalue weighted by Gasteiger charge is 1.51. The second-order valence-electron chi connectivity index (χ2n) is 0.894. The molecule has 0 rings (SSSR count). The molecule has 0 spiro atoms. The van der Waals surface area contributed by atoms with Crippen LogP contribution in [0.1, 0.15) is 13.8 Å². The Morgan fingerprint density at radius 1 is 1.57 bits per heavy atom. The Morgan fingerprint density at radius 2 is 1.71 bits per heavy atom. The lowest BCUT2D eigenvalue weighted by molar-refractivity contribution is 0.318. The Balaban J connectivity index is 0. The maximum atomic E-state index is 7.57. The third-order valence-corrected chi connectivity index (χ3v) is 0.866. The zero-order valence-electron chi connectivity index (χ0n) is 5.27. The summed E-state index contributed by atoms with van der Waals surface area (Å²) in [5.41, 5.74) is 0. The molecule has 7 heavy (non-hydrogen) atoms. The SMILES string of the molecule is CCO.CCO[SiH3]. The van der Waals surface area contributed by atoms with Crippen molar-refractivity contribution in [3.05, 3.63) is 0 Å². The van der Waals surface area contributed by atoms with Crippen molar-refractivity contribution >= 4 is 10.5 Å². The summed E-state index contributed by atoms with van der Waals surface area (Å²) < 4.78 is 4.68. The summed E-state index contributed by atoms with van der Waals surface area (Å²) >= 11 is 0. The van der Waals surface area contributed by atoms with E-state index >= 15 is 0 Å². The molecule has 0 aliphatic rings. The van der Waals surface area contributed by atoms with Gasteiger partial charge < -0.3 is 9.53 Å². The predicted molar refractivity (Wildman–Crippen MR) is 34.3 cm³/mol. The fourth-order valence-electron chi connectivity index (χ4n) is 0. The summed E-state index contributed by atoms with van der Waals surface area (Å²) in [7, 11) is 0.890. The summed E-state index contributed by atoms with van der Waals surface area (Å²) in [5.74, 6) is 0. The zero-order valence-corrected chi connectivity index (χ0v) is 7.27. The monoisotopic (exact) mass is 122 g/mol. The van der Waals surface area contributed by atoms with E-state index in [9.17, 15) is 0 Å². The Bertz CT molecular complexity index is 17.2. The molecule has 0 bridgehead atoms. The van der Waals surface area contributed by atoms with Gasteiger partial charge in [0.15, 0.2) is 0 Å². The second-order valence-corrected chi connectivity index (χ2v) is 1.47. The zero-order chi connectivity index (χ0) is 6.12. The molecular formula is C4H14O2Si. The van der Waals surface area contributed by atoms with Crippen LogP contribution in [0.2, 0.25) is 0 Å².